The molecule has 7 heteroatoms. The molecule has 0 saturated heterocycles. The topological polar surface area (TPSA) is 64.2 Å². The molecule has 0 unspecified atom stereocenters. The average Bonchev–Trinajstić information content (AvgIpc) is 3.05. The first-order valence-electron chi connectivity index (χ1n) is 8.85. The van der Waals surface area contributed by atoms with Crippen LogP contribution in [0.3, 0.4) is 0 Å². The molecule has 2 aromatic heterocycles. The molecule has 1 aliphatic rings. The molecule has 3 heterocycles. The second-order valence-electron chi connectivity index (χ2n) is 6.67. The Morgan fingerprint density at radius 1 is 1.19 bits per heavy atom. The summed E-state index contributed by atoms with van der Waals surface area (Å²) >= 11 is 6.52. The molecule has 4 rings (SSSR count). The van der Waals surface area contributed by atoms with Crippen molar-refractivity contribution >= 4 is 17.3 Å². The van der Waals surface area contributed by atoms with Crippen LogP contribution in [0.2, 0.25) is 5.02 Å². The molecule has 27 heavy (non-hydrogen) atoms. The Kier molecular flexibility index (Phi) is 4.92. The zero-order valence-electron chi connectivity index (χ0n) is 14.7. The van der Waals surface area contributed by atoms with Crippen LogP contribution in [0.4, 0.5) is 5.69 Å². The summed E-state index contributed by atoms with van der Waals surface area (Å²) in [5, 5.41) is 11.9. The molecular weight excluding hydrogens is 364 g/mol. The molecule has 1 aromatic carbocycles. The predicted octanol–water partition coefficient (Wildman–Crippen LogP) is 4.44. The van der Waals surface area contributed by atoms with E-state index in [4.69, 9.17) is 11.6 Å². The third-order valence-corrected chi connectivity index (χ3v) is 5.32. The highest BCUT2D eigenvalue weighted by Gasteiger charge is 2.30. The van der Waals surface area contributed by atoms with Gasteiger partial charge in [-0.25, -0.2) is 0 Å². The van der Waals surface area contributed by atoms with Gasteiger partial charge in [-0.15, -0.1) is 0 Å². The van der Waals surface area contributed by atoms with Crippen molar-refractivity contribution in [2.75, 3.05) is 6.54 Å². The minimum atomic E-state index is -0.372. The number of nitro benzene ring substituents is 1. The minimum absolute atomic E-state index is 0.0561. The Morgan fingerprint density at radius 3 is 2.78 bits per heavy atom. The van der Waals surface area contributed by atoms with Crippen LogP contribution in [0.1, 0.15) is 29.3 Å². The van der Waals surface area contributed by atoms with Crippen molar-refractivity contribution in [2.24, 2.45) is 0 Å². The number of pyridine rings is 1. The highest BCUT2D eigenvalue weighted by atomic mass is 35.5. The molecule has 0 N–H and O–H groups in total. The van der Waals surface area contributed by atoms with Gasteiger partial charge in [-0.05, 0) is 42.3 Å². The molecule has 138 valence electrons. The number of hydrogen-bond acceptors (Lipinski definition) is 4. The summed E-state index contributed by atoms with van der Waals surface area (Å²) in [6.45, 7) is 2.50. The molecule has 0 saturated carbocycles. The van der Waals surface area contributed by atoms with Gasteiger partial charge in [0.25, 0.3) is 5.69 Å². The fraction of sp³-hybridized carbons (Fsp3) is 0.250. The van der Waals surface area contributed by atoms with Crippen molar-refractivity contribution in [1.82, 2.24) is 14.5 Å². The summed E-state index contributed by atoms with van der Waals surface area (Å²) in [6, 6.07) is 12.6. The van der Waals surface area contributed by atoms with E-state index >= 15 is 0 Å². The number of nitro groups is 1. The minimum Gasteiger partial charge on any atom is -0.350 e. The molecule has 0 bridgehead atoms. The summed E-state index contributed by atoms with van der Waals surface area (Å²) in [5.41, 5.74) is 3.07. The lowest BCUT2D eigenvalue weighted by Crippen LogP contribution is -2.29. The first-order valence-corrected chi connectivity index (χ1v) is 9.23. The Labute approximate surface area is 162 Å². The van der Waals surface area contributed by atoms with Gasteiger partial charge in [0.15, 0.2) is 0 Å². The van der Waals surface area contributed by atoms with Crippen LogP contribution in [0.25, 0.3) is 0 Å². The quantitative estimate of drug-likeness (QED) is 0.494. The number of benzene rings is 1. The summed E-state index contributed by atoms with van der Waals surface area (Å²) in [4.78, 5) is 17.4. The Hall–Kier alpha value is -2.70. The van der Waals surface area contributed by atoms with Crippen molar-refractivity contribution in [3.05, 3.63) is 93.0 Å². The first-order chi connectivity index (χ1) is 13.1. The number of fused-ring (bicyclic) bond motifs is 1. The summed E-state index contributed by atoms with van der Waals surface area (Å²) in [5.74, 6) is 0. The standard InChI is InChI=1S/C20H19ClN4O2/c21-18-5-4-16(25(26)27)13-17(18)20-19-3-1-10-23(19)11-2-12-24(20)14-15-6-8-22-9-7-15/h1,3-10,13,20H,2,11-12,14H2/t20-/m1/s1. The number of nitrogens with zero attached hydrogens (tertiary/aromatic N) is 4. The van der Waals surface area contributed by atoms with Crippen molar-refractivity contribution < 1.29 is 4.92 Å². The number of aryl methyl sites for hydroxylation is 1. The lowest BCUT2D eigenvalue weighted by atomic mass is 10.0. The summed E-state index contributed by atoms with van der Waals surface area (Å²) in [6.07, 6.45) is 6.62. The van der Waals surface area contributed by atoms with E-state index in [0.29, 0.717) is 5.02 Å². The highest BCUT2D eigenvalue weighted by Crippen LogP contribution is 2.38. The number of non-ortho nitro benzene ring substituents is 1. The summed E-state index contributed by atoms with van der Waals surface area (Å²) in [7, 11) is 0. The molecule has 0 spiro atoms. The number of hydrogen-bond donors (Lipinski definition) is 0. The van der Waals surface area contributed by atoms with Gasteiger partial charge in [-0.2, -0.15) is 0 Å². The molecule has 1 aliphatic heterocycles. The molecule has 0 radical (unpaired) electrons. The van der Waals surface area contributed by atoms with Crippen molar-refractivity contribution in [1.29, 1.82) is 0 Å². The molecule has 0 aliphatic carbocycles. The monoisotopic (exact) mass is 382 g/mol. The largest absolute Gasteiger partial charge is 0.350 e. The van der Waals surface area contributed by atoms with Crippen LogP contribution < -0.4 is 0 Å². The zero-order valence-corrected chi connectivity index (χ0v) is 15.4. The second-order valence-corrected chi connectivity index (χ2v) is 7.08. The fourth-order valence-electron chi connectivity index (χ4n) is 3.74. The SMILES string of the molecule is O=[N+]([O-])c1ccc(Cl)c([C@@H]2c3cccn3CCCN2Cc2ccncc2)c1. The third kappa shape index (κ3) is 3.59. The van der Waals surface area contributed by atoms with Crippen LogP contribution in [0.5, 0.6) is 0 Å². The maximum atomic E-state index is 11.3. The maximum Gasteiger partial charge on any atom is 0.269 e. The smallest absolute Gasteiger partial charge is 0.269 e. The van der Waals surface area contributed by atoms with E-state index in [1.807, 2.05) is 18.2 Å². The zero-order chi connectivity index (χ0) is 18.8. The van der Waals surface area contributed by atoms with Gasteiger partial charge in [0, 0.05) is 66.6 Å². The Morgan fingerprint density at radius 2 is 2.00 bits per heavy atom. The number of aromatic nitrogens is 2. The first kappa shape index (κ1) is 17.7. The van der Waals surface area contributed by atoms with Crippen LogP contribution >= 0.6 is 11.6 Å². The van der Waals surface area contributed by atoms with Crippen molar-refractivity contribution in [3.63, 3.8) is 0 Å². The lowest BCUT2D eigenvalue weighted by Gasteiger charge is -2.31. The van der Waals surface area contributed by atoms with E-state index in [1.165, 1.54) is 6.07 Å². The molecule has 0 amide bonds. The maximum absolute atomic E-state index is 11.3. The van der Waals surface area contributed by atoms with E-state index < -0.39 is 0 Å². The number of rotatable bonds is 4. The fourth-order valence-corrected chi connectivity index (χ4v) is 3.96. The molecule has 0 fully saturated rings. The lowest BCUT2D eigenvalue weighted by molar-refractivity contribution is -0.384. The van der Waals surface area contributed by atoms with E-state index in [9.17, 15) is 10.1 Å². The van der Waals surface area contributed by atoms with Crippen molar-refractivity contribution in [3.8, 4) is 0 Å². The molecule has 1 atom stereocenters. The van der Waals surface area contributed by atoms with E-state index in [1.54, 1.807) is 24.5 Å². The summed E-state index contributed by atoms with van der Waals surface area (Å²) < 4.78 is 2.21. The molecule has 3 aromatic rings. The Bertz CT molecular complexity index is 958. The highest BCUT2D eigenvalue weighted by molar-refractivity contribution is 6.31. The van der Waals surface area contributed by atoms with E-state index in [-0.39, 0.29) is 16.7 Å². The van der Waals surface area contributed by atoms with Crippen LogP contribution in [0.15, 0.2) is 61.1 Å². The van der Waals surface area contributed by atoms with Gasteiger partial charge in [-0.1, -0.05) is 11.6 Å². The normalized spacial score (nSPS) is 17.3. The molecule has 6 nitrogen and oxygen atoms in total. The number of halogens is 1. The predicted molar refractivity (Wildman–Crippen MR) is 104 cm³/mol. The molecular formula is C20H19ClN4O2. The van der Waals surface area contributed by atoms with Crippen LogP contribution in [-0.2, 0) is 13.1 Å². The van der Waals surface area contributed by atoms with Gasteiger partial charge in [0.1, 0.15) is 0 Å². The second kappa shape index (κ2) is 7.50. The Balaban J connectivity index is 1.81. The van der Waals surface area contributed by atoms with Gasteiger partial charge in [0.2, 0.25) is 0 Å². The van der Waals surface area contributed by atoms with Crippen molar-refractivity contribution in [2.45, 2.75) is 25.6 Å². The van der Waals surface area contributed by atoms with Gasteiger partial charge < -0.3 is 4.57 Å². The van der Waals surface area contributed by atoms with Gasteiger partial charge in [0.05, 0.1) is 11.0 Å². The van der Waals surface area contributed by atoms with Crippen LogP contribution in [-0.4, -0.2) is 25.9 Å². The third-order valence-electron chi connectivity index (χ3n) is 4.97. The average molecular weight is 383 g/mol. The van der Waals surface area contributed by atoms with Gasteiger partial charge >= 0.3 is 0 Å². The van der Waals surface area contributed by atoms with Gasteiger partial charge in [-0.3, -0.25) is 20.0 Å². The van der Waals surface area contributed by atoms with E-state index in [0.717, 1.165) is 42.9 Å². The van der Waals surface area contributed by atoms with Crippen LogP contribution in [0, 0.1) is 10.1 Å². The van der Waals surface area contributed by atoms with E-state index in [2.05, 4.69) is 26.7 Å².